The molecule has 0 aromatic heterocycles. The number of carbonyl (C=O) groups is 2. The number of hydrogen-bond acceptors (Lipinski definition) is 4. The molecule has 1 atom stereocenters. The molecule has 1 fully saturated rings. The van der Waals surface area contributed by atoms with E-state index in [2.05, 4.69) is 10.0 Å². The number of hydrogen-bond donors (Lipinski definition) is 3. The maximum Gasteiger partial charge on any atom is 0.337 e. The minimum Gasteiger partial charge on any atom is -0.478 e. The Morgan fingerprint density at radius 3 is 2.67 bits per heavy atom. The summed E-state index contributed by atoms with van der Waals surface area (Å²) in [6, 6.07) is 0.719. The van der Waals surface area contributed by atoms with Gasteiger partial charge in [0.05, 0.1) is 15.5 Å². The van der Waals surface area contributed by atoms with Crippen molar-refractivity contribution in [3.8, 4) is 0 Å². The number of aromatic carboxylic acids is 1. The number of sulfonamides is 1. The molecule has 1 saturated heterocycles. The Bertz CT molecular complexity index is 722. The summed E-state index contributed by atoms with van der Waals surface area (Å²) in [4.78, 5) is 21.4. The minimum atomic E-state index is -4.17. The van der Waals surface area contributed by atoms with Gasteiger partial charge in [-0.15, -0.1) is 0 Å². The average Bonchev–Trinajstić information content (AvgIpc) is 2.76. The molecule has 1 amide bonds. The number of rotatable bonds is 4. The van der Waals surface area contributed by atoms with E-state index >= 15 is 0 Å². The summed E-state index contributed by atoms with van der Waals surface area (Å²) in [7, 11) is -4.17. The highest BCUT2D eigenvalue weighted by atomic mass is 35.5. The summed E-state index contributed by atoms with van der Waals surface area (Å²) in [5.74, 6) is -3.01. The van der Waals surface area contributed by atoms with Gasteiger partial charge in [0, 0.05) is 19.0 Å². The van der Waals surface area contributed by atoms with Crippen molar-refractivity contribution in [3.63, 3.8) is 0 Å². The molecule has 0 bridgehead atoms. The fourth-order valence-electron chi connectivity index (χ4n) is 1.85. The lowest BCUT2D eigenvalue weighted by Crippen LogP contribution is -2.36. The number of carboxylic acid groups (broad SMARTS) is 1. The summed E-state index contributed by atoms with van der Waals surface area (Å²) in [5.41, 5.74) is -0.655. The fourth-order valence-corrected chi connectivity index (χ4v) is 3.31. The van der Waals surface area contributed by atoms with Crippen molar-refractivity contribution in [2.24, 2.45) is 0 Å². The molecular formula is C11H10ClFN2O5S. The van der Waals surface area contributed by atoms with Crippen molar-refractivity contribution < 1.29 is 27.5 Å². The number of benzene rings is 1. The third-order valence-corrected chi connectivity index (χ3v) is 4.73. The molecule has 1 aliphatic heterocycles. The molecule has 1 aromatic carbocycles. The van der Waals surface area contributed by atoms with Crippen LogP contribution < -0.4 is 10.0 Å². The molecule has 0 saturated carbocycles. The highest BCUT2D eigenvalue weighted by molar-refractivity contribution is 7.89. The zero-order valence-corrected chi connectivity index (χ0v) is 12.0. The van der Waals surface area contributed by atoms with Crippen molar-refractivity contribution in [1.29, 1.82) is 0 Å². The van der Waals surface area contributed by atoms with Crippen LogP contribution in [-0.4, -0.2) is 38.0 Å². The van der Waals surface area contributed by atoms with Gasteiger partial charge in [-0.25, -0.2) is 22.3 Å². The Morgan fingerprint density at radius 2 is 2.14 bits per heavy atom. The first-order chi connectivity index (χ1) is 9.70. The highest BCUT2D eigenvalue weighted by Gasteiger charge is 2.28. The van der Waals surface area contributed by atoms with Gasteiger partial charge in [0.15, 0.2) is 0 Å². The van der Waals surface area contributed by atoms with Gasteiger partial charge in [-0.05, 0) is 12.1 Å². The third-order valence-electron chi connectivity index (χ3n) is 2.84. The molecule has 0 spiro atoms. The molecule has 1 heterocycles. The van der Waals surface area contributed by atoms with E-state index in [9.17, 15) is 22.4 Å². The SMILES string of the molecule is O=C1CC(NS(=O)(=O)c2cc(F)c(Cl)c(C(=O)O)c2)CN1. The summed E-state index contributed by atoms with van der Waals surface area (Å²) < 4.78 is 39.9. The molecule has 1 unspecified atom stereocenters. The van der Waals surface area contributed by atoms with Crippen molar-refractivity contribution in [3.05, 3.63) is 28.5 Å². The Kier molecular flexibility index (Phi) is 4.17. The van der Waals surface area contributed by atoms with E-state index in [1.54, 1.807) is 0 Å². The lowest BCUT2D eigenvalue weighted by molar-refractivity contribution is -0.119. The van der Waals surface area contributed by atoms with Crippen LogP contribution in [-0.2, 0) is 14.8 Å². The van der Waals surface area contributed by atoms with Crippen molar-refractivity contribution in [2.45, 2.75) is 17.4 Å². The van der Waals surface area contributed by atoms with Gasteiger partial charge in [0.2, 0.25) is 15.9 Å². The molecule has 2 rings (SSSR count). The van der Waals surface area contributed by atoms with Crippen LogP contribution in [0.2, 0.25) is 5.02 Å². The number of halogens is 2. The van der Waals surface area contributed by atoms with E-state index in [1.165, 1.54) is 0 Å². The molecule has 1 aliphatic rings. The molecule has 3 N–H and O–H groups in total. The quantitative estimate of drug-likeness (QED) is 0.734. The summed E-state index contributed by atoms with van der Waals surface area (Å²) in [6.07, 6.45) is -0.0406. The van der Waals surface area contributed by atoms with Crippen LogP contribution in [0.25, 0.3) is 0 Å². The van der Waals surface area contributed by atoms with E-state index in [0.29, 0.717) is 6.07 Å². The van der Waals surface area contributed by atoms with E-state index < -0.39 is 43.3 Å². The molecule has 7 nitrogen and oxygen atoms in total. The van der Waals surface area contributed by atoms with E-state index in [4.69, 9.17) is 16.7 Å². The van der Waals surface area contributed by atoms with Gasteiger partial charge < -0.3 is 10.4 Å². The van der Waals surface area contributed by atoms with Gasteiger partial charge >= 0.3 is 5.97 Å². The maximum absolute atomic E-state index is 13.6. The Morgan fingerprint density at radius 1 is 1.48 bits per heavy atom. The normalized spacial score (nSPS) is 18.6. The van der Waals surface area contributed by atoms with Crippen molar-refractivity contribution >= 4 is 33.5 Å². The first kappa shape index (κ1) is 15.7. The van der Waals surface area contributed by atoms with Crippen LogP contribution in [0.5, 0.6) is 0 Å². The maximum atomic E-state index is 13.6. The lowest BCUT2D eigenvalue weighted by atomic mass is 10.2. The van der Waals surface area contributed by atoms with Crippen LogP contribution in [0, 0.1) is 5.82 Å². The van der Waals surface area contributed by atoms with Crippen LogP contribution >= 0.6 is 11.6 Å². The number of carbonyl (C=O) groups excluding carboxylic acids is 1. The summed E-state index contributed by atoms with van der Waals surface area (Å²) in [5, 5.41) is 10.6. The van der Waals surface area contributed by atoms with E-state index in [0.717, 1.165) is 6.07 Å². The lowest BCUT2D eigenvalue weighted by Gasteiger charge is -2.12. The van der Waals surface area contributed by atoms with Crippen LogP contribution in [0.4, 0.5) is 4.39 Å². The minimum absolute atomic E-state index is 0.0406. The smallest absolute Gasteiger partial charge is 0.337 e. The van der Waals surface area contributed by atoms with Crippen molar-refractivity contribution in [1.82, 2.24) is 10.0 Å². The number of carboxylic acids is 1. The van der Waals surface area contributed by atoms with Gasteiger partial charge in [0.25, 0.3) is 0 Å². The van der Waals surface area contributed by atoms with Gasteiger partial charge in [0.1, 0.15) is 5.82 Å². The zero-order valence-electron chi connectivity index (χ0n) is 10.4. The van der Waals surface area contributed by atoms with Crippen LogP contribution in [0.1, 0.15) is 16.8 Å². The number of amides is 1. The third kappa shape index (κ3) is 3.31. The summed E-state index contributed by atoms with van der Waals surface area (Å²) in [6.45, 7) is 0.111. The predicted octanol–water partition coefficient (Wildman–Crippen LogP) is 0.344. The van der Waals surface area contributed by atoms with Crippen LogP contribution in [0.3, 0.4) is 0 Å². The van der Waals surface area contributed by atoms with E-state index in [1.807, 2.05) is 0 Å². The highest BCUT2D eigenvalue weighted by Crippen LogP contribution is 2.24. The Balaban J connectivity index is 2.36. The van der Waals surface area contributed by atoms with E-state index in [-0.39, 0.29) is 18.9 Å². The summed E-state index contributed by atoms with van der Waals surface area (Å²) >= 11 is 5.47. The molecule has 10 heteroatoms. The second-order valence-corrected chi connectivity index (χ2v) is 6.49. The molecular weight excluding hydrogens is 327 g/mol. The standard InChI is InChI=1S/C11H10ClFN2O5S/c12-10-7(11(17)18)2-6(3-8(10)13)21(19,20)15-5-1-9(16)14-4-5/h2-3,5,15H,1,4H2,(H,14,16)(H,17,18). The Labute approximate surface area is 124 Å². The topological polar surface area (TPSA) is 113 Å². The predicted molar refractivity (Wildman–Crippen MR) is 70.1 cm³/mol. The molecule has 21 heavy (non-hydrogen) atoms. The van der Waals surface area contributed by atoms with Gasteiger partial charge in [-0.1, -0.05) is 11.6 Å². The van der Waals surface area contributed by atoms with Crippen molar-refractivity contribution in [2.75, 3.05) is 6.54 Å². The molecule has 0 aliphatic carbocycles. The Hall–Kier alpha value is -1.71. The molecule has 1 aromatic rings. The molecule has 0 radical (unpaired) electrons. The fraction of sp³-hybridized carbons (Fsp3) is 0.273. The molecule has 114 valence electrons. The van der Waals surface area contributed by atoms with Gasteiger partial charge in [-0.2, -0.15) is 0 Å². The largest absolute Gasteiger partial charge is 0.478 e. The van der Waals surface area contributed by atoms with Gasteiger partial charge in [-0.3, -0.25) is 4.79 Å². The average molecular weight is 337 g/mol. The first-order valence-electron chi connectivity index (χ1n) is 5.72. The monoisotopic (exact) mass is 336 g/mol. The number of nitrogens with one attached hydrogen (secondary N) is 2. The zero-order chi connectivity index (χ0) is 15.8. The second kappa shape index (κ2) is 5.58. The first-order valence-corrected chi connectivity index (χ1v) is 7.58. The van der Waals surface area contributed by atoms with Crippen LogP contribution in [0.15, 0.2) is 17.0 Å². The second-order valence-electron chi connectivity index (χ2n) is 4.40.